The van der Waals surface area contributed by atoms with Gasteiger partial charge in [-0.25, -0.2) is 19.5 Å². The van der Waals surface area contributed by atoms with Crippen LogP contribution in [0, 0.1) is 42.4 Å². The van der Waals surface area contributed by atoms with E-state index in [0.29, 0.717) is 53.2 Å². The van der Waals surface area contributed by atoms with Crippen LogP contribution < -0.4 is 15.8 Å². The number of allylic oxidation sites excluding steroid dienone is 1. The summed E-state index contributed by atoms with van der Waals surface area (Å²) >= 11 is 0. The minimum atomic E-state index is -0.527. The van der Waals surface area contributed by atoms with Gasteiger partial charge in [0.1, 0.15) is 23.6 Å². The molecule has 13 nitrogen and oxygen atoms in total. The number of ether oxygens (including phenoxy) is 2. The molecule has 2 heterocycles. The van der Waals surface area contributed by atoms with E-state index in [1.807, 2.05) is 51.1 Å². The number of anilines is 1. The van der Waals surface area contributed by atoms with Crippen LogP contribution in [0.25, 0.3) is 5.57 Å². The first-order valence-corrected chi connectivity index (χ1v) is 19.7. The van der Waals surface area contributed by atoms with E-state index in [1.54, 1.807) is 6.92 Å². The maximum Gasteiger partial charge on any atom is 0.342 e. The molecule has 57 heavy (non-hydrogen) atoms. The molecule has 0 bridgehead atoms. The van der Waals surface area contributed by atoms with Gasteiger partial charge in [-0.15, -0.1) is 0 Å². The standard InChI is InChI=1S/C41H56N4O6.C2H6O2.H2O.Zn/c1-11-49-45-39-32(41(48)51-37-25(6)19-22(3)20-26(37)7)28(9)35(44-39)33(30-15-13-12-14-16-30)34-27(8)31(38(43-34)42-29(10)46)40(47)50-36-23(4)17-21(2)18-24(36)5;1-2-4-3;;/h12-16,21-26,36-37H,11,17-20H2,1-10H3,(H3,42,43,44,45,46,47,48);3H,2H2,1H3;1H2;/p-1. The second kappa shape index (κ2) is 22.5. The van der Waals surface area contributed by atoms with Gasteiger partial charge in [0, 0.05) is 38.6 Å². The molecular formula is C43H63N4O9Zn-. The predicted octanol–water partition coefficient (Wildman–Crippen LogP) is 7.45. The van der Waals surface area contributed by atoms with Gasteiger partial charge in [0.15, 0.2) is 0 Å². The normalized spacial score (nSPS) is 26.4. The van der Waals surface area contributed by atoms with Crippen LogP contribution in [0.1, 0.15) is 122 Å². The number of benzene rings is 1. The van der Waals surface area contributed by atoms with Gasteiger partial charge in [-0.3, -0.25) is 10.1 Å². The first kappa shape index (κ1) is 49.5. The fourth-order valence-corrected chi connectivity index (χ4v) is 8.76. The van der Waals surface area contributed by atoms with Crippen molar-refractivity contribution in [2.45, 2.75) is 114 Å². The third kappa shape index (κ3) is 11.9. The summed E-state index contributed by atoms with van der Waals surface area (Å²) in [6.07, 6.45) is 3.43. The van der Waals surface area contributed by atoms with E-state index in [1.165, 1.54) is 6.92 Å². The fourth-order valence-electron chi connectivity index (χ4n) is 8.76. The Balaban J connectivity index is 0.00000178. The molecule has 1 aromatic heterocycles. The van der Waals surface area contributed by atoms with Gasteiger partial charge in [0.2, 0.25) is 5.91 Å². The number of nitrogens with one attached hydrogen (secondary N) is 2. The number of carbonyl (C=O) groups is 3. The quantitative estimate of drug-likeness (QED) is 0.0937. The van der Waals surface area contributed by atoms with E-state index >= 15 is 0 Å². The van der Waals surface area contributed by atoms with E-state index in [2.05, 4.69) is 57.2 Å². The number of aromatic nitrogens is 1. The monoisotopic (exact) mass is 843 g/mol. The largest absolute Gasteiger partial charge is 0.458 e. The topological polar surface area (TPSA) is 190 Å². The van der Waals surface area contributed by atoms with Gasteiger partial charge in [-0.1, -0.05) is 71.9 Å². The zero-order valence-electron chi connectivity index (χ0n) is 35.7. The summed E-state index contributed by atoms with van der Waals surface area (Å²) < 4.78 is 12.5. The molecule has 5 N–H and O–H groups in total. The average molecular weight is 845 g/mol. The van der Waals surface area contributed by atoms with Crippen molar-refractivity contribution in [2.75, 3.05) is 18.7 Å². The molecule has 5 rings (SSSR count). The van der Waals surface area contributed by atoms with Crippen molar-refractivity contribution in [3.63, 3.8) is 0 Å². The number of amidine groups is 1. The molecule has 3 aliphatic rings. The average Bonchev–Trinajstić information content (AvgIpc) is 3.62. The molecule has 4 unspecified atom stereocenters. The van der Waals surface area contributed by atoms with E-state index in [4.69, 9.17) is 29.5 Å². The minimum absolute atomic E-state index is 0. The molecular weight excluding hydrogens is 782 g/mol. The first-order chi connectivity index (χ1) is 26.1. The van der Waals surface area contributed by atoms with Gasteiger partial charge >= 0.3 is 11.9 Å². The SMILES string of the molecule is CCONc1[n-]c(C(=C2N=C(NC(C)=O)C(C(=O)OC3C(C)CC(C)CC3C)=C2C)c2ccccc2)c(C)c1C(=O)OC1C(C)CC(C)CC1C.CCOO.O.[Zn]. The molecule has 2 aliphatic carbocycles. The van der Waals surface area contributed by atoms with Crippen molar-refractivity contribution in [2.24, 2.45) is 40.5 Å². The molecule has 2 fully saturated rings. The van der Waals surface area contributed by atoms with Crippen LogP contribution in [0.2, 0.25) is 0 Å². The molecule has 0 radical (unpaired) electrons. The zero-order chi connectivity index (χ0) is 40.6. The Morgan fingerprint density at radius 2 is 1.32 bits per heavy atom. The number of amides is 1. The van der Waals surface area contributed by atoms with Crippen LogP contribution in [0.15, 0.2) is 52.2 Å². The van der Waals surface area contributed by atoms with Crippen LogP contribution in [0.3, 0.4) is 0 Å². The van der Waals surface area contributed by atoms with Crippen LogP contribution >= 0.6 is 0 Å². The van der Waals surface area contributed by atoms with Gasteiger partial charge in [0.05, 0.1) is 17.9 Å². The summed E-state index contributed by atoms with van der Waals surface area (Å²) in [5, 5.41) is 10.2. The summed E-state index contributed by atoms with van der Waals surface area (Å²) in [5.74, 6) is 0.958. The van der Waals surface area contributed by atoms with Crippen molar-refractivity contribution < 1.29 is 63.8 Å². The number of carbonyl (C=O) groups excluding carboxylic acids is 3. The Bertz CT molecular complexity index is 1750. The molecule has 2 aromatic rings. The predicted molar refractivity (Wildman–Crippen MR) is 217 cm³/mol. The molecule has 0 spiro atoms. The number of hydrogen-bond acceptors (Lipinski definition) is 10. The summed E-state index contributed by atoms with van der Waals surface area (Å²) in [4.78, 5) is 59.6. The van der Waals surface area contributed by atoms with Crippen LogP contribution in [0.4, 0.5) is 5.82 Å². The summed E-state index contributed by atoms with van der Waals surface area (Å²) in [6.45, 7) is 22.3. The molecule has 14 heteroatoms. The molecule has 1 amide bonds. The van der Waals surface area contributed by atoms with Gasteiger partial charge < -0.3 is 35.6 Å². The second-order valence-electron chi connectivity index (χ2n) is 15.8. The number of hydrogen-bond donors (Lipinski definition) is 3. The van der Waals surface area contributed by atoms with Crippen LogP contribution in [-0.2, 0) is 48.3 Å². The number of aliphatic imine (C=N–C) groups is 1. The van der Waals surface area contributed by atoms with Crippen molar-refractivity contribution in [3.8, 4) is 0 Å². The molecule has 1 aromatic carbocycles. The van der Waals surface area contributed by atoms with Gasteiger partial charge in [-0.05, 0) is 117 Å². The first-order valence-electron chi connectivity index (χ1n) is 19.7. The van der Waals surface area contributed by atoms with Crippen LogP contribution in [-0.4, -0.2) is 59.8 Å². The van der Waals surface area contributed by atoms with E-state index < -0.39 is 11.9 Å². The van der Waals surface area contributed by atoms with Gasteiger partial charge in [-0.2, -0.15) is 0 Å². The van der Waals surface area contributed by atoms with Crippen molar-refractivity contribution in [1.29, 1.82) is 0 Å². The third-order valence-corrected chi connectivity index (χ3v) is 10.9. The van der Waals surface area contributed by atoms with Crippen molar-refractivity contribution in [3.05, 3.63) is 69.6 Å². The summed E-state index contributed by atoms with van der Waals surface area (Å²) in [5.41, 5.74) is 6.78. The Morgan fingerprint density at radius 1 is 0.825 bits per heavy atom. The molecule has 0 saturated heterocycles. The summed E-state index contributed by atoms with van der Waals surface area (Å²) in [7, 11) is 0. The minimum Gasteiger partial charge on any atom is -0.458 e. The molecule has 1 aliphatic heterocycles. The Morgan fingerprint density at radius 3 is 1.77 bits per heavy atom. The molecule has 4 atom stereocenters. The zero-order valence-corrected chi connectivity index (χ0v) is 38.6. The second-order valence-corrected chi connectivity index (χ2v) is 15.8. The van der Waals surface area contributed by atoms with E-state index in [0.717, 1.165) is 31.2 Å². The van der Waals surface area contributed by atoms with Gasteiger partial charge in [0.25, 0.3) is 0 Å². The van der Waals surface area contributed by atoms with Crippen molar-refractivity contribution in [1.82, 2.24) is 10.3 Å². The fraction of sp³-hybridized carbons (Fsp3) is 0.581. The number of esters is 2. The number of nitrogens with zero attached hydrogens (tertiary/aromatic N) is 2. The maximum absolute atomic E-state index is 14.1. The molecule has 312 valence electrons. The van der Waals surface area contributed by atoms with Crippen LogP contribution in [0.5, 0.6) is 0 Å². The van der Waals surface area contributed by atoms with E-state index in [-0.39, 0.29) is 89.5 Å². The smallest absolute Gasteiger partial charge is 0.342 e. The molecule has 2 saturated carbocycles. The Hall–Kier alpha value is -3.68. The Kier molecular flexibility index (Phi) is 19.5. The Labute approximate surface area is 350 Å². The summed E-state index contributed by atoms with van der Waals surface area (Å²) in [6, 6.07) is 9.59. The number of rotatable bonds is 10. The maximum atomic E-state index is 14.1. The van der Waals surface area contributed by atoms with Crippen molar-refractivity contribution >= 4 is 35.1 Å². The van der Waals surface area contributed by atoms with E-state index in [9.17, 15) is 14.4 Å². The third-order valence-electron chi connectivity index (χ3n) is 10.9.